The van der Waals surface area contributed by atoms with Crippen LogP contribution in [0.25, 0.3) is 0 Å². The molecule has 0 aromatic carbocycles. The highest BCUT2D eigenvalue weighted by Crippen LogP contribution is 2.49. The third-order valence-electron chi connectivity index (χ3n) is 0.625. The summed E-state index contributed by atoms with van der Waals surface area (Å²) >= 11 is 0. The third kappa shape index (κ3) is 6.55. The first-order valence-corrected chi connectivity index (χ1v) is 4.30. The Kier molecular flexibility index (Phi) is 1.25. The van der Waals surface area contributed by atoms with Crippen LogP contribution in [0.4, 0.5) is 0 Å². The minimum Gasteiger partial charge on any atom is -0.287 e. The minimum absolute atomic E-state index is 3.92. The molecule has 0 rings (SSSR count). The molecule has 0 aliphatic rings. The van der Waals surface area contributed by atoms with Gasteiger partial charge in [0.1, 0.15) is 0 Å². The van der Waals surface area contributed by atoms with Crippen LogP contribution < -0.4 is 0 Å². The van der Waals surface area contributed by atoms with Gasteiger partial charge in [-0.3, -0.25) is 13.6 Å². The standard InChI is InChI=1S/C9H21O4P/c1-4-7-11-14(10,12-8-5-2)13-9-6-3/h4-9H2,1-3H3/i1D3,2D3,3D3,4D2,5D2,6D2,7D2,8D2,9D2. The van der Waals surface area contributed by atoms with Crippen molar-refractivity contribution in [2.24, 2.45) is 0 Å². The van der Waals surface area contributed by atoms with Crippen LogP contribution in [0.3, 0.4) is 0 Å². The Balaban J connectivity index is 6.91. The van der Waals surface area contributed by atoms with Crippen molar-refractivity contribution in [3.05, 3.63) is 0 Å². The molecule has 14 heavy (non-hydrogen) atoms. The molecular weight excluding hydrogens is 203 g/mol. The maximum Gasteiger partial charge on any atom is 0.474 e. The van der Waals surface area contributed by atoms with Gasteiger partial charge in [0.05, 0.1) is 27.9 Å². The zero-order valence-corrected chi connectivity index (χ0v) is 7.47. The molecule has 0 aliphatic heterocycles. The highest BCUT2D eigenvalue weighted by Gasteiger charge is 2.25. The monoisotopic (exact) mass is 245 g/mol. The van der Waals surface area contributed by atoms with Crippen LogP contribution in [0.15, 0.2) is 0 Å². The van der Waals surface area contributed by atoms with Crippen molar-refractivity contribution in [3.8, 4) is 0 Å². The van der Waals surface area contributed by atoms with Crippen molar-refractivity contribution in [1.29, 1.82) is 0 Å². The highest BCUT2D eigenvalue weighted by atomic mass is 31.2. The molecule has 0 saturated carbocycles. The Labute approximate surface area is 116 Å². The maximum absolute atomic E-state index is 13.1. The van der Waals surface area contributed by atoms with Crippen LogP contribution in [0.2, 0.25) is 0 Å². The summed E-state index contributed by atoms with van der Waals surface area (Å²) in [5, 5.41) is 0. The van der Waals surface area contributed by atoms with Crippen LogP contribution in [-0.2, 0) is 18.1 Å². The fraction of sp³-hybridized carbons (Fsp3) is 1.00. The van der Waals surface area contributed by atoms with Crippen LogP contribution in [0.1, 0.15) is 68.5 Å². The molecule has 0 fully saturated rings. The van der Waals surface area contributed by atoms with Crippen LogP contribution in [0, 0.1) is 0 Å². The maximum atomic E-state index is 13.1. The van der Waals surface area contributed by atoms with Crippen LogP contribution in [0.5, 0.6) is 0 Å². The Hall–Kier alpha value is 0.110. The molecule has 0 heterocycles. The quantitative estimate of drug-likeness (QED) is 0.584. The predicted octanol–water partition coefficient (Wildman–Crippen LogP) is 3.37. The molecule has 0 unspecified atom stereocenters. The van der Waals surface area contributed by atoms with Crippen molar-refractivity contribution in [2.75, 3.05) is 19.7 Å². The second-order valence-electron chi connectivity index (χ2n) is 1.40. The Morgan fingerprint density at radius 3 is 1.64 bits per heavy atom. The molecule has 86 valence electrons. The first-order chi connectivity index (χ1) is 14.6. The zero-order valence-electron chi connectivity index (χ0n) is 27.6. The average Bonchev–Trinajstić information content (AvgIpc) is 2.48. The van der Waals surface area contributed by atoms with Gasteiger partial charge in [-0.1, -0.05) is 20.6 Å². The molecule has 0 aliphatic carbocycles. The van der Waals surface area contributed by atoms with Gasteiger partial charge < -0.3 is 0 Å². The largest absolute Gasteiger partial charge is 0.474 e. The predicted molar refractivity (Wildman–Crippen MR) is 56.3 cm³/mol. The summed E-state index contributed by atoms with van der Waals surface area (Å²) in [4.78, 5) is 0. The zero-order chi connectivity index (χ0) is 29.1. The molecule has 5 heteroatoms. The molecule has 0 bridgehead atoms. The van der Waals surface area contributed by atoms with E-state index in [0.717, 1.165) is 0 Å². The van der Waals surface area contributed by atoms with Crippen molar-refractivity contribution in [1.82, 2.24) is 0 Å². The number of hydrogen-bond donors (Lipinski definition) is 0. The van der Waals surface area contributed by atoms with Gasteiger partial charge >= 0.3 is 7.82 Å². The van der Waals surface area contributed by atoms with E-state index in [0.29, 0.717) is 0 Å². The van der Waals surface area contributed by atoms with E-state index in [2.05, 4.69) is 13.6 Å². The molecule has 0 aromatic heterocycles. The van der Waals surface area contributed by atoms with Crippen molar-refractivity contribution in [2.45, 2.75) is 39.7 Å². The van der Waals surface area contributed by atoms with E-state index in [-0.39, 0.29) is 0 Å². The summed E-state index contributed by atoms with van der Waals surface area (Å²) in [7, 11) is -6.68. The van der Waals surface area contributed by atoms with E-state index >= 15 is 0 Å². The van der Waals surface area contributed by atoms with Crippen molar-refractivity contribution < 1.29 is 46.9 Å². The summed E-state index contributed by atoms with van der Waals surface area (Å²) in [6.07, 6.45) is -12.5. The van der Waals surface area contributed by atoms with Crippen molar-refractivity contribution in [3.63, 3.8) is 0 Å². The van der Waals surface area contributed by atoms with E-state index in [9.17, 15) is 4.57 Å². The lowest BCUT2D eigenvalue weighted by Crippen LogP contribution is -2.02. The fourth-order valence-electron chi connectivity index (χ4n) is 0.292. The highest BCUT2D eigenvalue weighted by molar-refractivity contribution is 7.48. The SMILES string of the molecule is [2H]C([2H])([2H])C([2H])([2H])C([2H])([2H])OP(=O)(OC([2H])([2H])C([2H])([2H])C([2H])([2H])[2H])OC([2H])([2H])C([2H])([2H])C([2H])([2H])[2H]. The molecule has 0 aromatic rings. The summed E-state index contributed by atoms with van der Waals surface area (Å²) < 4.78 is 179. The smallest absolute Gasteiger partial charge is 0.287 e. The lowest BCUT2D eigenvalue weighted by Gasteiger charge is -2.16. The first kappa shape index (κ1) is 2.08. The number of rotatable bonds is 9. The molecule has 0 atom stereocenters. The van der Waals surface area contributed by atoms with Gasteiger partial charge in [0.15, 0.2) is 0 Å². The van der Waals surface area contributed by atoms with Gasteiger partial charge in [0.2, 0.25) is 0 Å². The van der Waals surface area contributed by atoms with E-state index in [4.69, 9.17) is 28.8 Å². The Morgan fingerprint density at radius 2 is 1.36 bits per heavy atom. The second kappa shape index (κ2) is 8.42. The van der Waals surface area contributed by atoms with E-state index < -0.39 is 67.2 Å². The van der Waals surface area contributed by atoms with Gasteiger partial charge in [-0.2, -0.15) is 0 Å². The van der Waals surface area contributed by atoms with Gasteiger partial charge in [-0.15, -0.1) is 0 Å². The lowest BCUT2D eigenvalue weighted by atomic mass is 10.5. The van der Waals surface area contributed by atoms with Gasteiger partial charge in [-0.05, 0) is 19.1 Å². The number of phosphoric ester groups is 1. The Morgan fingerprint density at radius 1 is 1.00 bits per heavy atom. The topological polar surface area (TPSA) is 44.8 Å². The normalized spacial score (nSPS) is 43.0. The van der Waals surface area contributed by atoms with Gasteiger partial charge in [0.25, 0.3) is 0 Å². The lowest BCUT2D eigenvalue weighted by molar-refractivity contribution is 0.113. The van der Waals surface area contributed by atoms with Gasteiger partial charge in [-0.25, -0.2) is 4.57 Å². The van der Waals surface area contributed by atoms with Crippen LogP contribution in [-0.4, -0.2) is 19.7 Å². The fourth-order valence-corrected chi connectivity index (χ4v) is 0.876. The molecule has 0 radical (unpaired) electrons. The molecule has 0 amide bonds. The summed E-state index contributed by atoms with van der Waals surface area (Å²) in [6, 6.07) is 0. The van der Waals surface area contributed by atoms with Gasteiger partial charge in [0, 0.05) is 20.6 Å². The van der Waals surface area contributed by atoms with E-state index in [1.807, 2.05) is 0 Å². The first-order valence-electron chi connectivity index (χ1n) is 13.3. The van der Waals surface area contributed by atoms with Crippen LogP contribution >= 0.6 is 7.82 Å². The molecule has 4 nitrogen and oxygen atoms in total. The second-order valence-corrected chi connectivity index (χ2v) is 2.84. The van der Waals surface area contributed by atoms with E-state index in [1.165, 1.54) is 0 Å². The summed E-state index contributed by atoms with van der Waals surface area (Å²) in [6.45, 7) is -24.9. The number of phosphoric acid groups is 1. The third-order valence-corrected chi connectivity index (χ3v) is 1.57. The summed E-state index contributed by atoms with van der Waals surface area (Å²) in [5.41, 5.74) is 0. The molecule has 0 spiro atoms. The summed E-state index contributed by atoms with van der Waals surface area (Å²) in [5.74, 6) is 0. The number of hydrogen-bond acceptors (Lipinski definition) is 4. The van der Waals surface area contributed by atoms with E-state index in [1.54, 1.807) is 0 Å². The molecular formula is C9H21O4P. The minimum atomic E-state index is -6.68. The Bertz CT molecular complexity index is 700. The average molecular weight is 245 g/mol. The van der Waals surface area contributed by atoms with Crippen molar-refractivity contribution >= 4 is 7.82 Å². The molecule has 0 saturated heterocycles. The molecule has 0 N–H and O–H groups in total.